The number of aliphatic hydroxyl groups is 2. The van der Waals surface area contributed by atoms with E-state index in [9.17, 15) is 10.2 Å². The number of nitrogens with zero attached hydrogens (tertiary/aromatic N) is 1. The summed E-state index contributed by atoms with van der Waals surface area (Å²) in [7, 11) is 0. The van der Waals surface area contributed by atoms with Crippen LogP contribution in [0.2, 0.25) is 4.34 Å². The minimum Gasteiger partial charge on any atom is -0.501 e. The van der Waals surface area contributed by atoms with E-state index in [1.165, 1.54) is 11.3 Å². The van der Waals surface area contributed by atoms with Gasteiger partial charge in [0, 0.05) is 17.3 Å². The predicted octanol–water partition coefficient (Wildman–Crippen LogP) is 5.12. The lowest BCUT2D eigenvalue weighted by molar-refractivity contribution is -0.576. The van der Waals surface area contributed by atoms with Gasteiger partial charge in [0.1, 0.15) is 0 Å². The molecule has 0 unspecified atom stereocenters. The number of nitrogens with one attached hydrogen (secondary N) is 1. The Balaban J connectivity index is 2.08. The fourth-order valence-corrected chi connectivity index (χ4v) is 4.10. The molecule has 3 N–H and O–H groups in total. The van der Waals surface area contributed by atoms with Gasteiger partial charge < -0.3 is 15.5 Å². The van der Waals surface area contributed by atoms with Crippen molar-refractivity contribution in [2.75, 3.05) is 5.32 Å². The summed E-state index contributed by atoms with van der Waals surface area (Å²) in [6, 6.07) is 13.1. The summed E-state index contributed by atoms with van der Waals surface area (Å²) in [5, 5.41) is 23.7. The van der Waals surface area contributed by atoms with E-state index >= 15 is 0 Å². The Hall–Kier alpha value is -2.25. The Labute approximate surface area is 178 Å². The van der Waals surface area contributed by atoms with Crippen molar-refractivity contribution in [3.8, 4) is 0 Å². The molecule has 0 atom stereocenters. The summed E-state index contributed by atoms with van der Waals surface area (Å²) in [5.74, 6) is 0.0132. The number of pyridine rings is 1. The third-order valence-electron chi connectivity index (χ3n) is 4.18. The first kappa shape index (κ1) is 20.5. The number of rotatable bonds is 5. The molecule has 4 nitrogen and oxygen atoms in total. The van der Waals surface area contributed by atoms with Crippen LogP contribution in [-0.4, -0.2) is 15.2 Å². The summed E-state index contributed by atoms with van der Waals surface area (Å²) in [4.78, 5) is 0.959. The number of anilines is 1. The molecule has 0 saturated heterocycles. The Morgan fingerprint density at radius 3 is 2.64 bits per heavy atom. The smallest absolute Gasteiger partial charge is 0.289 e. The van der Waals surface area contributed by atoms with Gasteiger partial charge in [0.05, 0.1) is 15.8 Å². The standard InChI is InChI=1S/C21H19ClN2O2S2/c1-13-5-6-16(14(2)10-13)23-21(27)19(20(26)17-7-8-18(22)28-17)24-9-3-4-15(11-24)12-25/h3-11,25H,12H2,1-2H3,(H-,23,26,27)/p+1. The molecule has 0 spiro atoms. The van der Waals surface area contributed by atoms with Crippen molar-refractivity contribution >= 4 is 57.3 Å². The first-order valence-corrected chi connectivity index (χ1v) is 10.2. The predicted molar refractivity (Wildman–Crippen MR) is 120 cm³/mol. The zero-order valence-electron chi connectivity index (χ0n) is 15.4. The summed E-state index contributed by atoms with van der Waals surface area (Å²) in [6.07, 6.45) is 3.51. The second-order valence-corrected chi connectivity index (χ2v) is 8.47. The minimum absolute atomic E-state index is 0.0132. The molecule has 0 radical (unpaired) electrons. The van der Waals surface area contributed by atoms with Gasteiger partial charge in [0.15, 0.2) is 17.4 Å². The van der Waals surface area contributed by atoms with Crippen molar-refractivity contribution in [3.05, 3.63) is 80.8 Å². The number of hydrogen-bond donors (Lipinski definition) is 3. The van der Waals surface area contributed by atoms with Crippen LogP contribution in [0.3, 0.4) is 0 Å². The molecule has 3 aromatic rings. The molecule has 0 aliphatic rings. The van der Waals surface area contributed by atoms with Gasteiger partial charge >= 0.3 is 0 Å². The molecular formula is C21H20ClN2O2S2+. The maximum absolute atomic E-state index is 11.0. The van der Waals surface area contributed by atoms with Crippen LogP contribution in [0.25, 0.3) is 11.5 Å². The van der Waals surface area contributed by atoms with E-state index in [-0.39, 0.29) is 12.4 Å². The molecule has 3 rings (SSSR count). The van der Waals surface area contributed by atoms with Crippen LogP contribution in [0.1, 0.15) is 21.6 Å². The number of thiocarbonyl (C=S) groups is 1. The number of benzene rings is 1. The number of aromatic nitrogens is 1. The Bertz CT molecular complexity index is 1060. The molecule has 28 heavy (non-hydrogen) atoms. The van der Waals surface area contributed by atoms with Gasteiger partial charge in [-0.3, -0.25) is 0 Å². The first-order valence-electron chi connectivity index (χ1n) is 8.58. The largest absolute Gasteiger partial charge is 0.501 e. The molecular weight excluding hydrogens is 412 g/mol. The van der Waals surface area contributed by atoms with Crippen molar-refractivity contribution < 1.29 is 14.8 Å². The third-order valence-corrected chi connectivity index (χ3v) is 5.71. The lowest BCUT2D eigenvalue weighted by Crippen LogP contribution is -2.39. The molecule has 7 heteroatoms. The number of thiophene rings is 1. The molecule has 144 valence electrons. The van der Waals surface area contributed by atoms with Crippen molar-refractivity contribution in [2.45, 2.75) is 20.5 Å². The zero-order chi connectivity index (χ0) is 20.3. The average Bonchev–Trinajstić information content (AvgIpc) is 3.11. The fourth-order valence-electron chi connectivity index (χ4n) is 2.80. The van der Waals surface area contributed by atoms with Crippen LogP contribution >= 0.6 is 35.2 Å². The molecule has 0 fully saturated rings. The highest BCUT2D eigenvalue weighted by molar-refractivity contribution is 7.81. The van der Waals surface area contributed by atoms with Crippen LogP contribution in [0.5, 0.6) is 0 Å². The fraction of sp³-hybridized carbons (Fsp3) is 0.143. The highest BCUT2D eigenvalue weighted by Gasteiger charge is 2.25. The summed E-state index contributed by atoms with van der Waals surface area (Å²) < 4.78 is 2.27. The van der Waals surface area contributed by atoms with Gasteiger partial charge in [0.2, 0.25) is 5.76 Å². The summed E-state index contributed by atoms with van der Waals surface area (Å²) >= 11 is 13.0. The first-order chi connectivity index (χ1) is 13.4. The van der Waals surface area contributed by atoms with Crippen LogP contribution in [0, 0.1) is 13.8 Å². The van der Waals surface area contributed by atoms with Crippen molar-refractivity contribution in [2.24, 2.45) is 0 Å². The molecule has 1 aromatic carbocycles. The van der Waals surface area contributed by atoms with E-state index in [2.05, 4.69) is 11.4 Å². The molecule has 0 amide bonds. The number of aliphatic hydroxyl groups excluding tert-OH is 2. The van der Waals surface area contributed by atoms with Gasteiger partial charge in [-0.2, -0.15) is 4.57 Å². The quantitative estimate of drug-likeness (QED) is 0.227. The normalized spacial score (nSPS) is 11.9. The van der Waals surface area contributed by atoms with E-state index in [0.717, 1.165) is 16.8 Å². The Morgan fingerprint density at radius 2 is 2.00 bits per heavy atom. The van der Waals surface area contributed by atoms with Gasteiger partial charge in [-0.15, -0.1) is 11.3 Å². The van der Waals surface area contributed by atoms with E-state index in [0.29, 0.717) is 25.5 Å². The van der Waals surface area contributed by atoms with Gasteiger partial charge in [0.25, 0.3) is 5.70 Å². The number of aryl methyl sites for hydroxylation is 2. The molecule has 2 aromatic heterocycles. The highest BCUT2D eigenvalue weighted by Crippen LogP contribution is 2.29. The molecule has 0 aliphatic heterocycles. The maximum atomic E-state index is 11.0. The van der Waals surface area contributed by atoms with Crippen LogP contribution < -0.4 is 9.88 Å². The monoisotopic (exact) mass is 431 g/mol. The molecule has 0 saturated carbocycles. The second-order valence-electron chi connectivity index (χ2n) is 6.35. The molecule has 0 aliphatic carbocycles. The van der Waals surface area contributed by atoms with Crippen LogP contribution in [-0.2, 0) is 6.61 Å². The lowest BCUT2D eigenvalue weighted by atomic mass is 10.1. The van der Waals surface area contributed by atoms with Gasteiger partial charge in [-0.05, 0) is 43.7 Å². The topological polar surface area (TPSA) is 56.4 Å². The second kappa shape index (κ2) is 8.84. The van der Waals surface area contributed by atoms with E-state index in [4.69, 9.17) is 23.8 Å². The van der Waals surface area contributed by atoms with E-state index in [1.54, 1.807) is 41.2 Å². The third kappa shape index (κ3) is 4.59. The minimum atomic E-state index is -0.114. The summed E-state index contributed by atoms with van der Waals surface area (Å²) in [5.41, 5.74) is 4.18. The zero-order valence-corrected chi connectivity index (χ0v) is 17.8. The van der Waals surface area contributed by atoms with Crippen molar-refractivity contribution in [1.29, 1.82) is 0 Å². The highest BCUT2D eigenvalue weighted by atomic mass is 35.5. The van der Waals surface area contributed by atoms with Crippen LogP contribution in [0.15, 0.2) is 54.9 Å². The van der Waals surface area contributed by atoms with E-state index in [1.807, 2.05) is 26.0 Å². The van der Waals surface area contributed by atoms with Crippen molar-refractivity contribution in [1.82, 2.24) is 0 Å². The number of halogens is 1. The molecule has 0 bridgehead atoms. The van der Waals surface area contributed by atoms with E-state index < -0.39 is 0 Å². The van der Waals surface area contributed by atoms with Gasteiger partial charge in [-0.1, -0.05) is 41.5 Å². The average molecular weight is 432 g/mol. The van der Waals surface area contributed by atoms with Crippen molar-refractivity contribution in [3.63, 3.8) is 0 Å². The number of hydrogen-bond acceptors (Lipinski definition) is 4. The Kier molecular flexibility index (Phi) is 6.46. The molecule has 2 heterocycles. The lowest BCUT2D eigenvalue weighted by Gasteiger charge is -2.12. The maximum Gasteiger partial charge on any atom is 0.289 e. The van der Waals surface area contributed by atoms with Gasteiger partial charge in [-0.25, -0.2) is 0 Å². The SMILES string of the molecule is Cc1ccc(NC(=S)/C(=C(\O)c2ccc(Cl)s2)[n+]2cccc(CO)c2)c(C)c1. The summed E-state index contributed by atoms with van der Waals surface area (Å²) in [6.45, 7) is 3.92. The Morgan fingerprint density at radius 1 is 1.21 bits per heavy atom. The van der Waals surface area contributed by atoms with Crippen LogP contribution in [0.4, 0.5) is 5.69 Å².